The standard InChI is InChI=1S/C20H16ClN5O2S/c1-11(27)25-16-9-12(5-6-22-16)20-26-17(18(29-20)19-23-7-8-24-19)14-10-13(28-2)3-4-15(14)21/h3-10H,1-2H3,(H,23,24)(H,22,25,27). The Labute approximate surface area is 175 Å². The summed E-state index contributed by atoms with van der Waals surface area (Å²) < 4.78 is 5.35. The van der Waals surface area contributed by atoms with E-state index in [0.29, 0.717) is 28.1 Å². The summed E-state index contributed by atoms with van der Waals surface area (Å²) in [6.45, 7) is 1.44. The van der Waals surface area contributed by atoms with E-state index < -0.39 is 0 Å². The van der Waals surface area contributed by atoms with Gasteiger partial charge in [-0.3, -0.25) is 4.79 Å². The number of ether oxygens (including phenoxy) is 1. The maximum atomic E-state index is 11.4. The van der Waals surface area contributed by atoms with Gasteiger partial charge in [0.25, 0.3) is 0 Å². The quantitative estimate of drug-likeness (QED) is 0.475. The number of hydrogen-bond donors (Lipinski definition) is 2. The highest BCUT2D eigenvalue weighted by atomic mass is 35.5. The van der Waals surface area contributed by atoms with Crippen LogP contribution < -0.4 is 10.1 Å². The van der Waals surface area contributed by atoms with Gasteiger partial charge in [0.15, 0.2) is 0 Å². The minimum absolute atomic E-state index is 0.186. The predicted molar refractivity (Wildman–Crippen MR) is 114 cm³/mol. The molecule has 4 rings (SSSR count). The fourth-order valence-corrected chi connectivity index (χ4v) is 4.04. The lowest BCUT2D eigenvalue weighted by Crippen LogP contribution is -2.07. The molecule has 0 aliphatic carbocycles. The summed E-state index contributed by atoms with van der Waals surface area (Å²) in [6.07, 6.45) is 5.08. The summed E-state index contributed by atoms with van der Waals surface area (Å²) in [7, 11) is 1.60. The van der Waals surface area contributed by atoms with E-state index in [0.717, 1.165) is 21.0 Å². The Bertz CT molecular complexity index is 1170. The molecule has 0 saturated heterocycles. The number of methoxy groups -OCH3 is 1. The van der Waals surface area contributed by atoms with Crippen molar-refractivity contribution in [2.45, 2.75) is 6.92 Å². The number of H-pyrrole nitrogens is 1. The number of thiazole rings is 1. The molecule has 4 aromatic rings. The van der Waals surface area contributed by atoms with Crippen molar-refractivity contribution in [3.8, 4) is 38.3 Å². The van der Waals surface area contributed by atoms with Crippen LogP contribution >= 0.6 is 22.9 Å². The first kappa shape index (κ1) is 19.1. The van der Waals surface area contributed by atoms with Gasteiger partial charge in [-0.25, -0.2) is 15.0 Å². The number of carbonyl (C=O) groups is 1. The molecule has 0 radical (unpaired) electrons. The van der Waals surface area contributed by atoms with E-state index in [9.17, 15) is 4.79 Å². The van der Waals surface area contributed by atoms with Crippen molar-refractivity contribution < 1.29 is 9.53 Å². The normalized spacial score (nSPS) is 10.7. The molecule has 7 nitrogen and oxygen atoms in total. The average Bonchev–Trinajstić information content (AvgIpc) is 3.38. The Morgan fingerprint density at radius 1 is 1.21 bits per heavy atom. The number of pyridine rings is 1. The zero-order chi connectivity index (χ0) is 20.4. The largest absolute Gasteiger partial charge is 0.497 e. The molecule has 0 aliphatic heterocycles. The van der Waals surface area contributed by atoms with Gasteiger partial charge in [-0.2, -0.15) is 0 Å². The summed E-state index contributed by atoms with van der Waals surface area (Å²) in [6, 6.07) is 9.05. The number of anilines is 1. The van der Waals surface area contributed by atoms with Crippen LogP contribution in [0, 0.1) is 0 Å². The lowest BCUT2D eigenvalue weighted by atomic mass is 10.1. The Balaban J connectivity index is 1.87. The second-order valence-corrected chi connectivity index (χ2v) is 7.50. The van der Waals surface area contributed by atoms with E-state index in [-0.39, 0.29) is 5.91 Å². The number of nitrogens with one attached hydrogen (secondary N) is 2. The van der Waals surface area contributed by atoms with Crippen LogP contribution in [0.15, 0.2) is 48.9 Å². The Morgan fingerprint density at radius 3 is 2.79 bits per heavy atom. The maximum Gasteiger partial charge on any atom is 0.222 e. The number of carbonyl (C=O) groups excluding carboxylic acids is 1. The minimum Gasteiger partial charge on any atom is -0.497 e. The number of aromatic amines is 1. The number of hydrogen-bond acceptors (Lipinski definition) is 6. The SMILES string of the molecule is COc1ccc(Cl)c(-c2nc(-c3ccnc(NC(C)=O)c3)sc2-c2ncc[nH]2)c1. The van der Waals surface area contributed by atoms with E-state index in [1.807, 2.05) is 12.1 Å². The fraction of sp³-hybridized carbons (Fsp3) is 0.100. The first-order valence-electron chi connectivity index (χ1n) is 8.63. The Morgan fingerprint density at radius 2 is 2.07 bits per heavy atom. The Hall–Kier alpha value is -3.23. The summed E-state index contributed by atoms with van der Waals surface area (Å²) in [5.74, 6) is 1.65. The number of amides is 1. The Kier molecular flexibility index (Phi) is 5.28. The summed E-state index contributed by atoms with van der Waals surface area (Å²) in [4.78, 5) is 28.7. The van der Waals surface area contributed by atoms with Crippen molar-refractivity contribution in [3.63, 3.8) is 0 Å². The van der Waals surface area contributed by atoms with Crippen LogP contribution in [0.3, 0.4) is 0 Å². The van der Waals surface area contributed by atoms with Crippen LogP contribution in [0.1, 0.15) is 6.92 Å². The molecular formula is C20H16ClN5O2S. The predicted octanol–water partition coefficient (Wildman–Crippen LogP) is 4.88. The third-order valence-electron chi connectivity index (χ3n) is 4.08. The number of imidazole rings is 1. The smallest absolute Gasteiger partial charge is 0.222 e. The molecule has 29 heavy (non-hydrogen) atoms. The fourth-order valence-electron chi connectivity index (χ4n) is 2.80. The molecular weight excluding hydrogens is 410 g/mol. The van der Waals surface area contributed by atoms with Crippen LogP contribution in [0.2, 0.25) is 5.02 Å². The highest BCUT2D eigenvalue weighted by Gasteiger charge is 2.20. The van der Waals surface area contributed by atoms with E-state index in [2.05, 4.69) is 20.3 Å². The van der Waals surface area contributed by atoms with Crippen molar-refractivity contribution in [2.75, 3.05) is 12.4 Å². The first-order valence-corrected chi connectivity index (χ1v) is 9.83. The number of benzene rings is 1. The monoisotopic (exact) mass is 425 g/mol. The van der Waals surface area contributed by atoms with Crippen molar-refractivity contribution in [2.24, 2.45) is 0 Å². The second kappa shape index (κ2) is 8.02. The van der Waals surface area contributed by atoms with Gasteiger partial charge >= 0.3 is 0 Å². The lowest BCUT2D eigenvalue weighted by Gasteiger charge is -2.06. The third-order valence-corrected chi connectivity index (χ3v) is 5.52. The number of aromatic nitrogens is 4. The number of rotatable bonds is 5. The van der Waals surface area contributed by atoms with E-state index >= 15 is 0 Å². The summed E-state index contributed by atoms with van der Waals surface area (Å²) in [5, 5.41) is 4.00. The van der Waals surface area contributed by atoms with Crippen LogP contribution in [-0.4, -0.2) is 33.0 Å². The first-order chi connectivity index (χ1) is 14.0. The van der Waals surface area contributed by atoms with Gasteiger partial charge in [0.2, 0.25) is 5.91 Å². The highest BCUT2D eigenvalue weighted by molar-refractivity contribution is 7.18. The molecule has 0 saturated carbocycles. The minimum atomic E-state index is -0.186. The molecule has 9 heteroatoms. The van der Waals surface area contributed by atoms with Crippen molar-refractivity contribution >= 4 is 34.7 Å². The lowest BCUT2D eigenvalue weighted by molar-refractivity contribution is -0.114. The van der Waals surface area contributed by atoms with Crippen molar-refractivity contribution in [1.29, 1.82) is 0 Å². The molecule has 0 fully saturated rings. The van der Waals surface area contributed by atoms with Crippen molar-refractivity contribution in [1.82, 2.24) is 19.9 Å². The van der Waals surface area contributed by atoms with Gasteiger partial charge in [0.1, 0.15) is 22.4 Å². The van der Waals surface area contributed by atoms with Gasteiger partial charge in [-0.1, -0.05) is 11.6 Å². The topological polar surface area (TPSA) is 92.8 Å². The van der Waals surface area contributed by atoms with Gasteiger partial charge in [0.05, 0.1) is 22.7 Å². The molecule has 0 unspecified atom stereocenters. The van der Waals surface area contributed by atoms with E-state index in [4.69, 9.17) is 21.3 Å². The van der Waals surface area contributed by atoms with Gasteiger partial charge in [0, 0.05) is 36.6 Å². The zero-order valence-electron chi connectivity index (χ0n) is 15.6. The second-order valence-electron chi connectivity index (χ2n) is 6.09. The van der Waals surface area contributed by atoms with Crippen LogP contribution in [0.5, 0.6) is 5.75 Å². The van der Waals surface area contributed by atoms with Crippen LogP contribution in [0.25, 0.3) is 32.5 Å². The van der Waals surface area contributed by atoms with Crippen molar-refractivity contribution in [3.05, 3.63) is 53.9 Å². The van der Waals surface area contributed by atoms with Gasteiger partial charge in [-0.15, -0.1) is 11.3 Å². The molecule has 146 valence electrons. The zero-order valence-corrected chi connectivity index (χ0v) is 17.1. The van der Waals surface area contributed by atoms with Crippen LogP contribution in [0.4, 0.5) is 5.82 Å². The molecule has 0 aliphatic rings. The molecule has 2 N–H and O–H groups in total. The average molecular weight is 426 g/mol. The number of halogens is 1. The van der Waals surface area contributed by atoms with Gasteiger partial charge < -0.3 is 15.0 Å². The molecule has 1 aromatic carbocycles. The summed E-state index contributed by atoms with van der Waals surface area (Å²) >= 11 is 7.95. The molecule has 0 bridgehead atoms. The highest BCUT2D eigenvalue weighted by Crippen LogP contribution is 2.42. The van der Waals surface area contributed by atoms with E-state index in [1.165, 1.54) is 18.3 Å². The molecule has 3 aromatic heterocycles. The molecule has 0 spiro atoms. The third kappa shape index (κ3) is 3.98. The maximum absolute atomic E-state index is 11.4. The number of nitrogens with zero attached hydrogens (tertiary/aromatic N) is 3. The molecule has 0 atom stereocenters. The van der Waals surface area contributed by atoms with E-state index in [1.54, 1.807) is 43.9 Å². The summed E-state index contributed by atoms with van der Waals surface area (Å²) in [5.41, 5.74) is 2.27. The molecule has 3 heterocycles. The van der Waals surface area contributed by atoms with Crippen LogP contribution in [-0.2, 0) is 4.79 Å². The van der Waals surface area contributed by atoms with Gasteiger partial charge in [-0.05, 0) is 30.3 Å². The molecule has 1 amide bonds.